The molecule has 0 aliphatic carbocycles. The Morgan fingerprint density at radius 1 is 1.24 bits per heavy atom. The second-order valence-corrected chi connectivity index (χ2v) is 5.34. The summed E-state index contributed by atoms with van der Waals surface area (Å²) in [5.74, 6) is 0. The first-order chi connectivity index (χ1) is 8.29. The van der Waals surface area contributed by atoms with E-state index in [0.29, 0.717) is 6.04 Å². The van der Waals surface area contributed by atoms with Crippen molar-refractivity contribution in [3.63, 3.8) is 0 Å². The number of aryl methyl sites for hydroxylation is 1. The Bertz CT molecular complexity index is 448. The number of benzene rings is 1. The van der Waals surface area contributed by atoms with Crippen molar-refractivity contribution in [3.05, 3.63) is 57.8 Å². The lowest BCUT2D eigenvalue weighted by molar-refractivity contribution is 0.553. The van der Waals surface area contributed by atoms with Crippen molar-refractivity contribution in [3.8, 4) is 0 Å². The number of rotatable bonds is 5. The van der Waals surface area contributed by atoms with E-state index in [4.69, 9.17) is 0 Å². The van der Waals surface area contributed by atoms with Gasteiger partial charge in [0.15, 0.2) is 0 Å². The maximum Gasteiger partial charge on any atom is 0.0368 e. The summed E-state index contributed by atoms with van der Waals surface area (Å²) >= 11 is 1.84. The Kier molecular flexibility index (Phi) is 4.35. The molecule has 1 heterocycles. The molecule has 1 atom stereocenters. The molecule has 1 N–H and O–H groups in total. The maximum atomic E-state index is 3.57. The fourth-order valence-electron chi connectivity index (χ4n) is 2.07. The molecule has 0 saturated carbocycles. The van der Waals surface area contributed by atoms with Gasteiger partial charge in [-0.05, 0) is 30.5 Å². The van der Waals surface area contributed by atoms with Crippen molar-refractivity contribution >= 4 is 11.3 Å². The molecule has 0 aliphatic rings. The Labute approximate surface area is 108 Å². The van der Waals surface area contributed by atoms with Gasteiger partial charge in [-0.2, -0.15) is 0 Å². The summed E-state index contributed by atoms with van der Waals surface area (Å²) in [6.45, 7) is 5.32. The van der Waals surface area contributed by atoms with Gasteiger partial charge in [0.05, 0.1) is 0 Å². The van der Waals surface area contributed by atoms with Crippen LogP contribution in [0.2, 0.25) is 0 Å². The summed E-state index contributed by atoms with van der Waals surface area (Å²) < 4.78 is 0. The molecule has 1 aromatic carbocycles. The van der Waals surface area contributed by atoms with E-state index in [0.717, 1.165) is 13.0 Å². The minimum absolute atomic E-state index is 0.429. The molecule has 17 heavy (non-hydrogen) atoms. The monoisotopic (exact) mass is 245 g/mol. The quantitative estimate of drug-likeness (QED) is 0.841. The van der Waals surface area contributed by atoms with Gasteiger partial charge in [0.25, 0.3) is 0 Å². The summed E-state index contributed by atoms with van der Waals surface area (Å²) in [4.78, 5) is 1.44. The largest absolute Gasteiger partial charge is 0.310 e. The number of hydrogen-bond donors (Lipinski definition) is 1. The Balaban J connectivity index is 2.16. The molecule has 0 spiro atoms. The van der Waals surface area contributed by atoms with E-state index in [2.05, 4.69) is 60.9 Å². The third-order valence-corrected chi connectivity index (χ3v) is 3.78. The molecular formula is C15H19NS. The van der Waals surface area contributed by atoms with Crippen LogP contribution in [0.4, 0.5) is 0 Å². The van der Waals surface area contributed by atoms with Crippen LogP contribution in [-0.2, 0) is 6.42 Å². The molecule has 2 rings (SSSR count). The zero-order chi connectivity index (χ0) is 12.1. The topological polar surface area (TPSA) is 12.0 Å². The van der Waals surface area contributed by atoms with Crippen molar-refractivity contribution in [2.75, 3.05) is 6.54 Å². The van der Waals surface area contributed by atoms with E-state index in [1.807, 2.05) is 11.3 Å². The molecule has 1 aromatic heterocycles. The van der Waals surface area contributed by atoms with Gasteiger partial charge in [-0.15, -0.1) is 11.3 Å². The highest BCUT2D eigenvalue weighted by Gasteiger charge is 2.11. The van der Waals surface area contributed by atoms with Crippen LogP contribution in [0.5, 0.6) is 0 Å². The average Bonchev–Trinajstić information content (AvgIpc) is 2.81. The molecule has 1 unspecified atom stereocenters. The highest BCUT2D eigenvalue weighted by atomic mass is 32.1. The third kappa shape index (κ3) is 3.42. The molecule has 0 saturated heterocycles. The minimum atomic E-state index is 0.429. The first kappa shape index (κ1) is 12.3. The number of nitrogens with one attached hydrogen (secondary N) is 1. The van der Waals surface area contributed by atoms with Gasteiger partial charge in [-0.1, -0.05) is 42.8 Å². The summed E-state index contributed by atoms with van der Waals surface area (Å²) in [5, 5.41) is 5.72. The molecule has 0 fully saturated rings. The van der Waals surface area contributed by atoms with Crippen LogP contribution in [0.15, 0.2) is 41.8 Å². The van der Waals surface area contributed by atoms with E-state index < -0.39 is 0 Å². The van der Waals surface area contributed by atoms with Gasteiger partial charge in [0.2, 0.25) is 0 Å². The van der Waals surface area contributed by atoms with E-state index in [1.54, 1.807) is 0 Å². The van der Waals surface area contributed by atoms with Crippen LogP contribution < -0.4 is 5.32 Å². The van der Waals surface area contributed by atoms with E-state index >= 15 is 0 Å². The minimum Gasteiger partial charge on any atom is -0.310 e. The zero-order valence-corrected chi connectivity index (χ0v) is 11.3. The van der Waals surface area contributed by atoms with E-state index in [-0.39, 0.29) is 0 Å². The normalized spacial score (nSPS) is 12.6. The Hall–Kier alpha value is -1.12. The first-order valence-corrected chi connectivity index (χ1v) is 7.00. The molecule has 90 valence electrons. The van der Waals surface area contributed by atoms with Gasteiger partial charge < -0.3 is 5.32 Å². The second-order valence-electron chi connectivity index (χ2n) is 4.31. The average molecular weight is 245 g/mol. The number of likely N-dealkylation sites (N-methyl/N-ethyl adjacent to an activating group) is 1. The van der Waals surface area contributed by atoms with Crippen molar-refractivity contribution in [2.24, 2.45) is 0 Å². The molecule has 0 radical (unpaired) electrons. The Morgan fingerprint density at radius 3 is 2.76 bits per heavy atom. The van der Waals surface area contributed by atoms with Gasteiger partial charge in [-0.25, -0.2) is 0 Å². The lowest BCUT2D eigenvalue weighted by atomic mass is 10.0. The maximum absolute atomic E-state index is 3.57. The lowest BCUT2D eigenvalue weighted by Gasteiger charge is -2.18. The highest BCUT2D eigenvalue weighted by molar-refractivity contribution is 7.09. The highest BCUT2D eigenvalue weighted by Crippen LogP contribution is 2.21. The van der Waals surface area contributed by atoms with Crippen LogP contribution in [0.25, 0.3) is 0 Å². The third-order valence-electron chi connectivity index (χ3n) is 2.88. The lowest BCUT2D eigenvalue weighted by Crippen LogP contribution is -2.22. The smallest absolute Gasteiger partial charge is 0.0368 e. The zero-order valence-electron chi connectivity index (χ0n) is 10.4. The summed E-state index contributed by atoms with van der Waals surface area (Å²) in [5.41, 5.74) is 2.72. The SMILES string of the molecule is CCNC(Cc1cccs1)c1cccc(C)c1. The first-order valence-electron chi connectivity index (χ1n) is 6.12. The van der Waals surface area contributed by atoms with Crippen LogP contribution in [0, 0.1) is 6.92 Å². The molecule has 0 aliphatic heterocycles. The second kappa shape index (κ2) is 5.99. The number of hydrogen-bond acceptors (Lipinski definition) is 2. The van der Waals surface area contributed by atoms with Crippen molar-refractivity contribution in [1.29, 1.82) is 0 Å². The van der Waals surface area contributed by atoms with Crippen molar-refractivity contribution < 1.29 is 0 Å². The van der Waals surface area contributed by atoms with Gasteiger partial charge in [-0.3, -0.25) is 0 Å². The predicted molar refractivity (Wildman–Crippen MR) is 75.6 cm³/mol. The standard InChI is InChI=1S/C15H19NS/c1-3-16-15(11-14-8-5-9-17-14)13-7-4-6-12(2)10-13/h4-10,15-16H,3,11H2,1-2H3. The van der Waals surface area contributed by atoms with E-state index in [9.17, 15) is 0 Å². The fourth-order valence-corrected chi connectivity index (χ4v) is 2.82. The Morgan fingerprint density at radius 2 is 2.12 bits per heavy atom. The number of thiophene rings is 1. The molecule has 0 bridgehead atoms. The van der Waals surface area contributed by atoms with E-state index in [1.165, 1.54) is 16.0 Å². The molecule has 2 heteroatoms. The molecule has 1 nitrogen and oxygen atoms in total. The summed E-state index contributed by atoms with van der Waals surface area (Å²) in [6, 6.07) is 13.6. The fraction of sp³-hybridized carbons (Fsp3) is 0.333. The van der Waals surface area contributed by atoms with Crippen molar-refractivity contribution in [2.45, 2.75) is 26.3 Å². The van der Waals surface area contributed by atoms with Crippen LogP contribution >= 0.6 is 11.3 Å². The van der Waals surface area contributed by atoms with Crippen LogP contribution in [0.3, 0.4) is 0 Å². The molecule has 2 aromatic rings. The van der Waals surface area contributed by atoms with Gasteiger partial charge in [0, 0.05) is 17.3 Å². The van der Waals surface area contributed by atoms with Gasteiger partial charge >= 0.3 is 0 Å². The summed E-state index contributed by atoms with van der Waals surface area (Å²) in [7, 11) is 0. The predicted octanol–water partition coefficient (Wildman–Crippen LogP) is 3.95. The van der Waals surface area contributed by atoms with Gasteiger partial charge in [0.1, 0.15) is 0 Å². The van der Waals surface area contributed by atoms with Crippen LogP contribution in [-0.4, -0.2) is 6.54 Å². The molecule has 0 amide bonds. The summed E-state index contributed by atoms with van der Waals surface area (Å²) in [6.07, 6.45) is 1.08. The van der Waals surface area contributed by atoms with Crippen molar-refractivity contribution in [1.82, 2.24) is 5.32 Å². The molecular weight excluding hydrogens is 226 g/mol. The van der Waals surface area contributed by atoms with Crippen LogP contribution in [0.1, 0.15) is 29.0 Å².